The molecule has 2 heterocycles. The third-order valence-electron chi connectivity index (χ3n) is 2.76. The fraction of sp³-hybridized carbons (Fsp3) is 0.727. The lowest BCUT2D eigenvalue weighted by molar-refractivity contribution is 0.0139. The molecule has 1 fully saturated rings. The molecule has 0 aromatic rings. The number of oxime groups is 1. The number of likely N-dealkylation sites (tertiary alicyclic amines) is 1. The van der Waals surface area contributed by atoms with Crippen molar-refractivity contribution in [1.29, 1.82) is 5.26 Å². The molecule has 98 valence electrons. The first-order valence-corrected chi connectivity index (χ1v) is 6.41. The molecule has 2 aliphatic heterocycles. The van der Waals surface area contributed by atoms with Gasteiger partial charge in [0.2, 0.25) is 0 Å². The highest BCUT2D eigenvalue weighted by Crippen LogP contribution is 2.34. The van der Waals surface area contributed by atoms with Crippen molar-refractivity contribution in [2.75, 3.05) is 6.54 Å². The molecule has 3 atom stereocenters. The Labute approximate surface area is 114 Å². The lowest BCUT2D eigenvalue weighted by Gasteiger charge is -2.26. The SMILES string of the molecule is CC(C)(C)OC(=O)N1C[C@H]2C(Br)=NO[C@H]2C1C#N. The van der Waals surface area contributed by atoms with Crippen molar-refractivity contribution >= 4 is 26.6 Å². The largest absolute Gasteiger partial charge is 0.444 e. The molecule has 6 nitrogen and oxygen atoms in total. The van der Waals surface area contributed by atoms with E-state index in [2.05, 4.69) is 27.2 Å². The van der Waals surface area contributed by atoms with Gasteiger partial charge >= 0.3 is 6.09 Å². The Morgan fingerprint density at radius 3 is 2.89 bits per heavy atom. The number of hydrogen-bond acceptors (Lipinski definition) is 5. The summed E-state index contributed by atoms with van der Waals surface area (Å²) in [6, 6.07) is 1.42. The van der Waals surface area contributed by atoms with E-state index in [0.717, 1.165) is 0 Å². The van der Waals surface area contributed by atoms with Gasteiger partial charge < -0.3 is 9.57 Å². The predicted octanol–water partition coefficient (Wildman–Crippen LogP) is 1.85. The number of rotatable bonds is 0. The predicted molar refractivity (Wildman–Crippen MR) is 67.1 cm³/mol. The van der Waals surface area contributed by atoms with E-state index in [4.69, 9.17) is 9.57 Å². The Morgan fingerprint density at radius 2 is 2.33 bits per heavy atom. The molecule has 1 saturated heterocycles. The van der Waals surface area contributed by atoms with Crippen molar-refractivity contribution < 1.29 is 14.4 Å². The van der Waals surface area contributed by atoms with Crippen molar-refractivity contribution in [3.8, 4) is 6.07 Å². The smallest absolute Gasteiger partial charge is 0.411 e. The third-order valence-corrected chi connectivity index (χ3v) is 3.50. The number of carbonyl (C=O) groups excluding carboxylic acids is 1. The Hall–Kier alpha value is -1.29. The molecule has 0 saturated carbocycles. The van der Waals surface area contributed by atoms with Crippen LogP contribution >= 0.6 is 15.9 Å². The van der Waals surface area contributed by atoms with E-state index >= 15 is 0 Å². The van der Waals surface area contributed by atoms with Gasteiger partial charge in [-0.25, -0.2) is 4.79 Å². The van der Waals surface area contributed by atoms with Crippen molar-refractivity contribution in [3.63, 3.8) is 0 Å². The Kier molecular flexibility index (Phi) is 3.23. The van der Waals surface area contributed by atoms with Crippen molar-refractivity contribution in [2.45, 2.75) is 38.5 Å². The normalized spacial score (nSPS) is 30.3. The standard InChI is InChI=1S/C11H14BrN3O3/c1-11(2,3)17-10(16)15-5-6-8(7(15)4-13)18-14-9(6)12/h6-8H,5H2,1-3H3/t6-,7?,8-/m1/s1. The third kappa shape index (κ3) is 2.29. The van der Waals surface area contributed by atoms with Gasteiger partial charge in [0.1, 0.15) is 10.2 Å². The van der Waals surface area contributed by atoms with Crippen LogP contribution in [0.3, 0.4) is 0 Å². The zero-order valence-corrected chi connectivity index (χ0v) is 12.0. The fourth-order valence-electron chi connectivity index (χ4n) is 2.00. The van der Waals surface area contributed by atoms with Crippen LogP contribution in [0.25, 0.3) is 0 Å². The molecule has 0 radical (unpaired) electrons. The maximum absolute atomic E-state index is 12.0. The van der Waals surface area contributed by atoms with Gasteiger partial charge in [0.15, 0.2) is 12.1 Å². The van der Waals surface area contributed by atoms with Gasteiger partial charge in [-0.3, -0.25) is 4.90 Å². The maximum Gasteiger partial charge on any atom is 0.411 e. The molecule has 0 aromatic carbocycles. The number of ether oxygens (including phenoxy) is 1. The van der Waals surface area contributed by atoms with Gasteiger partial charge in [-0.2, -0.15) is 5.26 Å². The molecule has 0 bridgehead atoms. The summed E-state index contributed by atoms with van der Waals surface area (Å²) in [6.45, 7) is 5.74. The molecule has 18 heavy (non-hydrogen) atoms. The quantitative estimate of drug-likeness (QED) is 0.683. The van der Waals surface area contributed by atoms with Gasteiger partial charge in [-0.1, -0.05) is 5.16 Å². The molecule has 1 unspecified atom stereocenters. The number of halogens is 1. The van der Waals surface area contributed by atoms with Crippen LogP contribution in [0.1, 0.15) is 20.8 Å². The number of nitriles is 1. The molecule has 0 aliphatic carbocycles. The zero-order chi connectivity index (χ0) is 13.5. The topological polar surface area (TPSA) is 74.9 Å². The van der Waals surface area contributed by atoms with E-state index in [1.54, 1.807) is 20.8 Å². The molecular weight excluding hydrogens is 302 g/mol. The minimum absolute atomic E-state index is 0.0813. The summed E-state index contributed by atoms with van der Waals surface area (Å²) in [7, 11) is 0. The zero-order valence-electron chi connectivity index (χ0n) is 10.4. The van der Waals surface area contributed by atoms with E-state index < -0.39 is 23.8 Å². The van der Waals surface area contributed by atoms with Crippen LogP contribution in [-0.2, 0) is 9.57 Å². The number of fused-ring (bicyclic) bond motifs is 1. The van der Waals surface area contributed by atoms with Crippen LogP contribution < -0.4 is 0 Å². The second kappa shape index (κ2) is 4.43. The van der Waals surface area contributed by atoms with Gasteiger partial charge in [0.25, 0.3) is 0 Å². The van der Waals surface area contributed by atoms with Gasteiger partial charge in [0, 0.05) is 6.54 Å². The summed E-state index contributed by atoms with van der Waals surface area (Å²) >= 11 is 3.28. The number of carbonyl (C=O) groups is 1. The number of nitrogens with zero attached hydrogens (tertiary/aromatic N) is 3. The monoisotopic (exact) mass is 315 g/mol. The van der Waals surface area contributed by atoms with E-state index in [9.17, 15) is 10.1 Å². The lowest BCUT2D eigenvalue weighted by Crippen LogP contribution is -2.42. The average molecular weight is 316 g/mol. The summed E-state index contributed by atoms with van der Waals surface area (Å²) in [5, 5.41) is 13.0. The van der Waals surface area contributed by atoms with E-state index in [1.165, 1.54) is 4.90 Å². The molecule has 0 N–H and O–H groups in total. The Bertz CT molecular complexity index is 438. The fourth-order valence-corrected chi connectivity index (χ4v) is 2.49. The first kappa shape index (κ1) is 13.1. The van der Waals surface area contributed by atoms with Gasteiger partial charge in [-0.15, -0.1) is 0 Å². The lowest BCUT2D eigenvalue weighted by atomic mass is 10.1. The first-order valence-electron chi connectivity index (χ1n) is 5.62. The van der Waals surface area contributed by atoms with E-state index in [1.807, 2.05) is 0 Å². The van der Waals surface area contributed by atoms with E-state index in [0.29, 0.717) is 11.2 Å². The minimum Gasteiger partial charge on any atom is -0.444 e. The second-order valence-electron chi connectivity index (χ2n) is 5.30. The van der Waals surface area contributed by atoms with Crippen LogP contribution in [-0.4, -0.2) is 39.9 Å². The van der Waals surface area contributed by atoms with Crippen LogP contribution in [0.2, 0.25) is 0 Å². The second-order valence-corrected chi connectivity index (χ2v) is 6.11. The van der Waals surface area contributed by atoms with Crippen LogP contribution in [0.4, 0.5) is 4.79 Å². The summed E-state index contributed by atoms with van der Waals surface area (Å²) in [4.78, 5) is 18.6. The minimum atomic E-state index is -0.663. The molecule has 2 aliphatic rings. The summed E-state index contributed by atoms with van der Waals surface area (Å²) in [6.07, 6.45) is -0.899. The molecule has 0 aromatic heterocycles. The summed E-state index contributed by atoms with van der Waals surface area (Å²) in [5.74, 6) is -0.0813. The summed E-state index contributed by atoms with van der Waals surface area (Å²) in [5.41, 5.74) is -0.582. The number of amides is 1. The van der Waals surface area contributed by atoms with E-state index in [-0.39, 0.29) is 5.92 Å². The maximum atomic E-state index is 12.0. The Balaban J connectivity index is 2.13. The van der Waals surface area contributed by atoms with Crippen LogP contribution in [0, 0.1) is 17.2 Å². The highest BCUT2D eigenvalue weighted by Gasteiger charge is 2.51. The molecular formula is C11H14BrN3O3. The highest BCUT2D eigenvalue weighted by atomic mass is 79.9. The van der Waals surface area contributed by atoms with Crippen molar-refractivity contribution in [2.24, 2.45) is 11.1 Å². The first-order chi connectivity index (χ1) is 8.33. The highest BCUT2D eigenvalue weighted by molar-refractivity contribution is 9.18. The number of hydrogen-bond donors (Lipinski definition) is 0. The molecule has 1 amide bonds. The van der Waals surface area contributed by atoms with Gasteiger partial charge in [0.05, 0.1) is 12.0 Å². The average Bonchev–Trinajstić information content (AvgIpc) is 2.76. The van der Waals surface area contributed by atoms with Gasteiger partial charge in [-0.05, 0) is 36.7 Å². The Morgan fingerprint density at radius 1 is 1.67 bits per heavy atom. The van der Waals surface area contributed by atoms with Crippen LogP contribution in [0.15, 0.2) is 5.16 Å². The molecule has 2 rings (SSSR count). The summed E-state index contributed by atoms with van der Waals surface area (Å²) < 4.78 is 5.92. The van der Waals surface area contributed by atoms with Crippen molar-refractivity contribution in [3.05, 3.63) is 0 Å². The molecule has 7 heteroatoms. The van der Waals surface area contributed by atoms with Crippen LogP contribution in [0.5, 0.6) is 0 Å². The molecule has 0 spiro atoms. The van der Waals surface area contributed by atoms with Crippen molar-refractivity contribution in [1.82, 2.24) is 4.90 Å².